The van der Waals surface area contributed by atoms with E-state index in [1.54, 1.807) is 0 Å². The molecule has 0 aliphatic carbocycles. The van der Waals surface area contributed by atoms with Crippen molar-refractivity contribution in [2.75, 3.05) is 7.05 Å². The molecular weight excluding hydrogens is 248 g/mol. The van der Waals surface area contributed by atoms with E-state index in [1.165, 1.54) is 24.8 Å². The number of benzene rings is 1. The first-order chi connectivity index (χ1) is 9.63. The van der Waals surface area contributed by atoms with Crippen LogP contribution in [-0.4, -0.2) is 36.0 Å². The summed E-state index contributed by atoms with van der Waals surface area (Å²) in [6, 6.07) is 9.49. The molecule has 1 unspecified atom stereocenters. The summed E-state index contributed by atoms with van der Waals surface area (Å²) < 4.78 is 0. The normalized spacial score (nSPS) is 30.0. The van der Waals surface area contributed by atoms with Gasteiger partial charge in [0.25, 0.3) is 5.91 Å². The van der Waals surface area contributed by atoms with Crippen LogP contribution in [0.25, 0.3) is 0 Å². The minimum atomic E-state index is 0.0811. The molecule has 1 aromatic rings. The number of carbonyl (C=O) groups is 1. The molecule has 1 aromatic carbocycles. The van der Waals surface area contributed by atoms with Gasteiger partial charge in [-0.25, -0.2) is 0 Å². The lowest BCUT2D eigenvalue weighted by Crippen LogP contribution is -2.55. The van der Waals surface area contributed by atoms with Gasteiger partial charge in [-0.15, -0.1) is 0 Å². The summed E-state index contributed by atoms with van der Waals surface area (Å²) in [5, 5.41) is 3.24. The van der Waals surface area contributed by atoms with Crippen LogP contribution in [-0.2, 0) is 0 Å². The minimum Gasteiger partial charge on any atom is -0.349 e. The molecule has 2 heterocycles. The highest BCUT2D eigenvalue weighted by atomic mass is 16.1. The van der Waals surface area contributed by atoms with Crippen LogP contribution in [0.5, 0.6) is 0 Å². The molecule has 0 aromatic heterocycles. The van der Waals surface area contributed by atoms with E-state index in [2.05, 4.69) is 17.3 Å². The number of hydrogen-bond acceptors (Lipinski definition) is 2. The molecule has 1 amide bonds. The molecule has 3 rings (SSSR count). The fourth-order valence-electron chi connectivity index (χ4n) is 3.71. The zero-order valence-corrected chi connectivity index (χ0v) is 12.4. The van der Waals surface area contributed by atoms with Crippen molar-refractivity contribution >= 4 is 5.91 Å². The molecule has 0 saturated carbocycles. The molecule has 0 spiro atoms. The van der Waals surface area contributed by atoms with Crippen molar-refractivity contribution < 1.29 is 4.79 Å². The summed E-state index contributed by atoms with van der Waals surface area (Å²) in [5.41, 5.74) is 1.97. The largest absolute Gasteiger partial charge is 0.349 e. The average Bonchev–Trinajstić information content (AvgIpc) is 2.40. The number of hydrogen-bond donors (Lipinski definition) is 1. The number of nitrogens with zero attached hydrogens (tertiary/aromatic N) is 1. The van der Waals surface area contributed by atoms with Crippen LogP contribution < -0.4 is 5.32 Å². The summed E-state index contributed by atoms with van der Waals surface area (Å²) in [6.07, 6.45) is 6.11. The number of fused-ring (bicyclic) bond motifs is 2. The Hall–Kier alpha value is -1.35. The Morgan fingerprint density at radius 1 is 1.15 bits per heavy atom. The van der Waals surface area contributed by atoms with Gasteiger partial charge in [0.2, 0.25) is 0 Å². The van der Waals surface area contributed by atoms with Gasteiger partial charge >= 0.3 is 0 Å². The van der Waals surface area contributed by atoms with Crippen molar-refractivity contribution in [3.8, 4) is 0 Å². The molecule has 1 N–H and O–H groups in total. The maximum absolute atomic E-state index is 12.3. The molecular formula is C17H24N2O. The Bertz CT molecular complexity index is 468. The molecule has 0 radical (unpaired) electrons. The monoisotopic (exact) mass is 272 g/mol. The molecule has 20 heavy (non-hydrogen) atoms. The highest BCUT2D eigenvalue weighted by molar-refractivity contribution is 5.94. The van der Waals surface area contributed by atoms with Gasteiger partial charge in [-0.3, -0.25) is 4.79 Å². The lowest BCUT2D eigenvalue weighted by atomic mass is 9.82. The lowest BCUT2D eigenvalue weighted by Gasteiger charge is -2.47. The summed E-state index contributed by atoms with van der Waals surface area (Å²) in [4.78, 5) is 14.8. The number of carbonyl (C=O) groups excluding carboxylic acids is 1. The van der Waals surface area contributed by atoms with Gasteiger partial charge < -0.3 is 10.2 Å². The number of nitrogens with one attached hydrogen (secondary N) is 1. The summed E-state index contributed by atoms with van der Waals surface area (Å²) in [7, 11) is 2.24. The van der Waals surface area contributed by atoms with E-state index in [-0.39, 0.29) is 5.91 Å². The number of aryl methyl sites for hydroxylation is 1. The zero-order valence-electron chi connectivity index (χ0n) is 12.4. The SMILES string of the molecule is Cc1ccc(C(=O)NC2C[C@H]3CCC[C@@H](C2)N3C)cc1. The van der Waals surface area contributed by atoms with Crippen molar-refractivity contribution in [2.24, 2.45) is 0 Å². The second-order valence-corrected chi connectivity index (χ2v) is 6.41. The minimum absolute atomic E-state index is 0.0811. The predicted octanol–water partition coefficient (Wildman–Crippen LogP) is 2.74. The van der Waals surface area contributed by atoms with E-state index in [4.69, 9.17) is 0 Å². The molecule has 3 heteroatoms. The third-order valence-corrected chi connectivity index (χ3v) is 4.99. The van der Waals surface area contributed by atoms with Crippen molar-refractivity contribution in [1.29, 1.82) is 0 Å². The van der Waals surface area contributed by atoms with Gasteiger partial charge in [0.05, 0.1) is 0 Å². The van der Waals surface area contributed by atoms with Crippen LogP contribution >= 0.6 is 0 Å². The fourth-order valence-corrected chi connectivity index (χ4v) is 3.71. The number of amides is 1. The standard InChI is InChI=1S/C17H24N2O/c1-12-6-8-13(9-7-12)17(20)18-14-10-15-4-3-5-16(11-14)19(15)2/h6-9,14-16H,3-5,10-11H2,1-2H3,(H,18,20)/t14?,15-,16+. The smallest absolute Gasteiger partial charge is 0.251 e. The molecule has 3 nitrogen and oxygen atoms in total. The highest BCUT2D eigenvalue weighted by Crippen LogP contribution is 2.32. The molecule has 2 aliphatic heterocycles. The van der Waals surface area contributed by atoms with E-state index in [1.807, 2.05) is 31.2 Å². The molecule has 108 valence electrons. The second kappa shape index (κ2) is 5.57. The van der Waals surface area contributed by atoms with E-state index in [9.17, 15) is 4.79 Å². The molecule has 2 aliphatic rings. The number of piperidine rings is 2. The fraction of sp³-hybridized carbons (Fsp3) is 0.588. The van der Waals surface area contributed by atoms with E-state index >= 15 is 0 Å². The van der Waals surface area contributed by atoms with Crippen LogP contribution in [0.4, 0.5) is 0 Å². The van der Waals surface area contributed by atoms with Crippen LogP contribution in [0.15, 0.2) is 24.3 Å². The summed E-state index contributed by atoms with van der Waals surface area (Å²) in [5.74, 6) is 0.0811. The van der Waals surface area contributed by atoms with Crippen molar-refractivity contribution in [3.63, 3.8) is 0 Å². The van der Waals surface area contributed by atoms with Crippen molar-refractivity contribution in [2.45, 2.75) is 57.2 Å². The third kappa shape index (κ3) is 2.73. The van der Waals surface area contributed by atoms with Crippen molar-refractivity contribution in [1.82, 2.24) is 10.2 Å². The second-order valence-electron chi connectivity index (χ2n) is 6.41. The Morgan fingerprint density at radius 3 is 2.35 bits per heavy atom. The lowest BCUT2D eigenvalue weighted by molar-refractivity contribution is 0.0463. The molecule has 3 atom stereocenters. The Kier molecular flexibility index (Phi) is 3.79. The molecule has 2 saturated heterocycles. The molecule has 2 fully saturated rings. The van der Waals surface area contributed by atoms with Gasteiger partial charge in [0, 0.05) is 23.7 Å². The number of rotatable bonds is 2. The summed E-state index contributed by atoms with van der Waals surface area (Å²) >= 11 is 0. The van der Waals surface area contributed by atoms with Crippen molar-refractivity contribution in [3.05, 3.63) is 35.4 Å². The average molecular weight is 272 g/mol. The Morgan fingerprint density at radius 2 is 1.75 bits per heavy atom. The Labute approximate surface area is 121 Å². The van der Waals surface area contributed by atoms with Gasteiger partial charge in [-0.2, -0.15) is 0 Å². The first-order valence-corrected chi connectivity index (χ1v) is 7.73. The third-order valence-electron chi connectivity index (χ3n) is 4.99. The van der Waals surface area contributed by atoms with Gasteiger partial charge in [-0.05, 0) is 51.8 Å². The van der Waals surface area contributed by atoms with E-state index in [0.29, 0.717) is 18.1 Å². The van der Waals surface area contributed by atoms with Crippen LogP contribution in [0, 0.1) is 6.92 Å². The first-order valence-electron chi connectivity index (χ1n) is 7.73. The van der Waals surface area contributed by atoms with E-state index < -0.39 is 0 Å². The van der Waals surface area contributed by atoms with Crippen LogP contribution in [0.3, 0.4) is 0 Å². The predicted molar refractivity (Wildman–Crippen MR) is 80.9 cm³/mol. The zero-order chi connectivity index (χ0) is 14.1. The summed E-state index contributed by atoms with van der Waals surface area (Å²) in [6.45, 7) is 2.04. The molecule has 2 bridgehead atoms. The van der Waals surface area contributed by atoms with Gasteiger partial charge in [0.15, 0.2) is 0 Å². The Balaban J connectivity index is 1.63. The quantitative estimate of drug-likeness (QED) is 0.898. The van der Waals surface area contributed by atoms with Crippen LogP contribution in [0.1, 0.15) is 48.0 Å². The van der Waals surface area contributed by atoms with Crippen LogP contribution in [0.2, 0.25) is 0 Å². The maximum Gasteiger partial charge on any atom is 0.251 e. The van der Waals surface area contributed by atoms with E-state index in [0.717, 1.165) is 18.4 Å². The maximum atomic E-state index is 12.3. The van der Waals surface area contributed by atoms with Gasteiger partial charge in [-0.1, -0.05) is 24.1 Å². The highest BCUT2D eigenvalue weighted by Gasteiger charge is 2.36. The topological polar surface area (TPSA) is 32.3 Å². The van der Waals surface area contributed by atoms with Gasteiger partial charge in [0.1, 0.15) is 0 Å². The first kappa shape index (κ1) is 13.6.